The van der Waals surface area contributed by atoms with E-state index in [9.17, 15) is 4.79 Å². The van der Waals surface area contributed by atoms with Gasteiger partial charge in [0.25, 0.3) is 0 Å². The van der Waals surface area contributed by atoms with Crippen molar-refractivity contribution in [3.05, 3.63) is 65.1 Å². The number of benzene rings is 1. The fraction of sp³-hybridized carbons (Fsp3) is 0.385. The minimum absolute atomic E-state index is 0.227. The number of nitrogens with two attached hydrogens (primary N) is 2. The molecule has 0 spiro atoms. The normalized spacial score (nSPS) is 10.9. The Hall–Kier alpha value is -3.92. The Labute approximate surface area is 212 Å². The number of esters is 1. The highest BCUT2D eigenvalue weighted by Gasteiger charge is 2.08. The largest absolute Gasteiger partial charge is 0.478 e. The number of pyridine rings is 1. The second-order valence-corrected chi connectivity index (χ2v) is 8.64. The average Bonchev–Trinajstić information content (AvgIpc) is 2.86. The first-order valence-electron chi connectivity index (χ1n) is 11.9. The lowest BCUT2D eigenvalue weighted by Gasteiger charge is -2.17. The summed E-state index contributed by atoms with van der Waals surface area (Å²) in [6.07, 6.45) is 3.98. The number of nitrogen functional groups attached to an aromatic ring is 2. The molecule has 3 rings (SSSR count). The molecule has 2 aromatic heterocycles. The van der Waals surface area contributed by atoms with E-state index in [-0.39, 0.29) is 11.8 Å². The van der Waals surface area contributed by atoms with Crippen LogP contribution in [0.1, 0.15) is 35.4 Å². The molecule has 10 nitrogen and oxygen atoms in total. The molecule has 0 aliphatic carbocycles. The van der Waals surface area contributed by atoms with Crippen molar-refractivity contribution in [3.63, 3.8) is 0 Å². The van der Waals surface area contributed by atoms with Gasteiger partial charge in [-0.2, -0.15) is 0 Å². The van der Waals surface area contributed by atoms with Gasteiger partial charge in [-0.1, -0.05) is 30.3 Å². The van der Waals surface area contributed by atoms with E-state index in [0.717, 1.165) is 37.1 Å². The lowest BCUT2D eigenvalue weighted by Crippen LogP contribution is -2.19. The molecule has 192 valence electrons. The van der Waals surface area contributed by atoms with Gasteiger partial charge in [-0.05, 0) is 50.0 Å². The molecule has 0 atom stereocenters. The molecule has 0 saturated carbocycles. The molecule has 0 bridgehead atoms. The first kappa shape index (κ1) is 26.7. The van der Waals surface area contributed by atoms with Crippen LogP contribution in [-0.2, 0) is 29.0 Å². The molecule has 0 radical (unpaired) electrons. The number of ether oxygens (including phenoxy) is 2. The van der Waals surface area contributed by atoms with Gasteiger partial charge in [-0.25, -0.2) is 15.0 Å². The number of anilines is 3. The van der Waals surface area contributed by atoms with E-state index < -0.39 is 0 Å². The van der Waals surface area contributed by atoms with Gasteiger partial charge in [0.05, 0.1) is 20.1 Å². The Balaban J connectivity index is 1.34. The molecule has 0 saturated heterocycles. The van der Waals surface area contributed by atoms with Crippen molar-refractivity contribution in [1.82, 2.24) is 19.9 Å². The SMILES string of the molecule is COC(=O)Cc1cccc(CN(C)CCCCOc2ccc(CNc3nc(C)nc(N)c3N)cn2)c1. The van der Waals surface area contributed by atoms with Crippen LogP contribution in [0.15, 0.2) is 42.6 Å². The Kier molecular flexibility index (Phi) is 9.82. The predicted octanol–water partition coefficient (Wildman–Crippen LogP) is 2.96. The first-order chi connectivity index (χ1) is 17.3. The maximum atomic E-state index is 11.5. The van der Waals surface area contributed by atoms with Crippen LogP contribution in [-0.4, -0.2) is 53.1 Å². The minimum Gasteiger partial charge on any atom is -0.478 e. The molecule has 5 N–H and O–H groups in total. The number of nitrogens with one attached hydrogen (secondary N) is 1. The van der Waals surface area contributed by atoms with Crippen LogP contribution in [0.5, 0.6) is 5.88 Å². The monoisotopic (exact) mass is 493 g/mol. The molecule has 1 aromatic carbocycles. The summed E-state index contributed by atoms with van der Waals surface area (Å²) in [5.74, 6) is 1.70. The van der Waals surface area contributed by atoms with E-state index in [1.54, 1.807) is 13.1 Å². The number of carbonyl (C=O) groups excluding carboxylic acids is 1. The van der Waals surface area contributed by atoms with Crippen molar-refractivity contribution in [2.45, 2.75) is 39.3 Å². The summed E-state index contributed by atoms with van der Waals surface area (Å²) >= 11 is 0. The summed E-state index contributed by atoms with van der Waals surface area (Å²) < 4.78 is 10.5. The fourth-order valence-corrected chi connectivity index (χ4v) is 3.65. The van der Waals surface area contributed by atoms with Gasteiger partial charge < -0.3 is 31.2 Å². The third-order valence-electron chi connectivity index (χ3n) is 5.55. The molecule has 3 aromatic rings. The van der Waals surface area contributed by atoms with Crippen molar-refractivity contribution in [1.29, 1.82) is 0 Å². The lowest BCUT2D eigenvalue weighted by molar-refractivity contribution is -0.139. The van der Waals surface area contributed by atoms with E-state index in [2.05, 4.69) is 44.3 Å². The van der Waals surface area contributed by atoms with Gasteiger partial charge in [0.15, 0.2) is 11.6 Å². The highest BCUT2D eigenvalue weighted by Crippen LogP contribution is 2.21. The van der Waals surface area contributed by atoms with E-state index in [1.165, 1.54) is 12.7 Å². The summed E-state index contributed by atoms with van der Waals surface area (Å²) in [5.41, 5.74) is 15.2. The highest BCUT2D eigenvalue weighted by molar-refractivity contribution is 5.73. The third kappa shape index (κ3) is 8.38. The maximum absolute atomic E-state index is 11.5. The van der Waals surface area contributed by atoms with Crippen molar-refractivity contribution in [3.8, 4) is 5.88 Å². The number of aromatic nitrogens is 3. The van der Waals surface area contributed by atoms with Crippen molar-refractivity contribution >= 4 is 23.3 Å². The molecular weight excluding hydrogens is 458 g/mol. The molecule has 0 unspecified atom stereocenters. The van der Waals surface area contributed by atoms with Gasteiger partial charge in [-0.3, -0.25) is 4.79 Å². The summed E-state index contributed by atoms with van der Waals surface area (Å²) in [7, 11) is 3.50. The fourth-order valence-electron chi connectivity index (χ4n) is 3.65. The van der Waals surface area contributed by atoms with Gasteiger partial charge in [0.2, 0.25) is 5.88 Å². The minimum atomic E-state index is -0.227. The predicted molar refractivity (Wildman–Crippen MR) is 140 cm³/mol. The molecular formula is C26H35N7O3. The van der Waals surface area contributed by atoms with Crippen molar-refractivity contribution in [2.75, 3.05) is 44.1 Å². The van der Waals surface area contributed by atoms with E-state index >= 15 is 0 Å². The number of hydrogen-bond donors (Lipinski definition) is 3. The Morgan fingerprint density at radius 1 is 1.08 bits per heavy atom. The molecule has 0 aliphatic rings. The zero-order valence-corrected chi connectivity index (χ0v) is 21.2. The molecule has 0 fully saturated rings. The molecule has 36 heavy (non-hydrogen) atoms. The van der Waals surface area contributed by atoms with Crippen LogP contribution in [0.25, 0.3) is 0 Å². The number of rotatable bonds is 13. The standard InChI is InChI=1S/C26H35N7O3/c1-18-31-25(28)24(27)26(32-18)30-16-21-9-10-22(29-15-21)36-12-5-4-11-33(2)17-20-8-6-7-19(13-20)14-23(34)35-3/h6-10,13,15H,4-5,11-12,14,16-17,27H2,1-3H3,(H3,28,30,31,32). The van der Waals surface area contributed by atoms with Crippen LogP contribution in [0, 0.1) is 6.92 Å². The molecule has 2 heterocycles. The Morgan fingerprint density at radius 3 is 2.64 bits per heavy atom. The molecule has 0 aliphatic heterocycles. The number of aryl methyl sites for hydroxylation is 1. The summed E-state index contributed by atoms with van der Waals surface area (Å²) in [6, 6.07) is 11.9. The summed E-state index contributed by atoms with van der Waals surface area (Å²) in [5, 5.41) is 3.17. The first-order valence-corrected chi connectivity index (χ1v) is 11.9. The number of carbonyl (C=O) groups is 1. The van der Waals surface area contributed by atoms with Crippen LogP contribution in [0.2, 0.25) is 0 Å². The number of nitrogens with zero attached hydrogens (tertiary/aromatic N) is 4. The second-order valence-electron chi connectivity index (χ2n) is 8.64. The van der Waals surface area contributed by atoms with Crippen LogP contribution in [0.4, 0.5) is 17.3 Å². The second kappa shape index (κ2) is 13.2. The Bertz CT molecular complexity index is 1140. The third-order valence-corrected chi connectivity index (χ3v) is 5.55. The zero-order chi connectivity index (χ0) is 25.9. The van der Waals surface area contributed by atoms with Crippen molar-refractivity contribution < 1.29 is 14.3 Å². The molecule has 0 amide bonds. The number of methoxy groups -OCH3 is 1. The smallest absolute Gasteiger partial charge is 0.309 e. The van der Waals surface area contributed by atoms with E-state index in [4.69, 9.17) is 20.9 Å². The quantitative estimate of drug-likeness (QED) is 0.240. The molecule has 10 heteroatoms. The van der Waals surface area contributed by atoms with Crippen LogP contribution >= 0.6 is 0 Å². The summed E-state index contributed by atoms with van der Waals surface area (Å²) in [6.45, 7) is 4.63. The van der Waals surface area contributed by atoms with Crippen LogP contribution < -0.4 is 21.5 Å². The van der Waals surface area contributed by atoms with Gasteiger partial charge in [0.1, 0.15) is 11.5 Å². The van der Waals surface area contributed by atoms with Gasteiger partial charge in [0, 0.05) is 25.4 Å². The van der Waals surface area contributed by atoms with Crippen molar-refractivity contribution in [2.24, 2.45) is 0 Å². The van der Waals surface area contributed by atoms with Gasteiger partial charge >= 0.3 is 5.97 Å². The van der Waals surface area contributed by atoms with Crippen LogP contribution in [0.3, 0.4) is 0 Å². The number of hydrogen-bond acceptors (Lipinski definition) is 10. The Morgan fingerprint density at radius 2 is 1.89 bits per heavy atom. The van der Waals surface area contributed by atoms with Gasteiger partial charge in [-0.15, -0.1) is 0 Å². The van der Waals surface area contributed by atoms with E-state index in [1.807, 2.05) is 24.3 Å². The zero-order valence-electron chi connectivity index (χ0n) is 21.2. The number of unbranched alkanes of at least 4 members (excludes halogenated alkanes) is 1. The maximum Gasteiger partial charge on any atom is 0.309 e. The topological polar surface area (TPSA) is 142 Å². The average molecular weight is 494 g/mol. The van der Waals surface area contributed by atoms with E-state index in [0.29, 0.717) is 42.8 Å². The highest BCUT2D eigenvalue weighted by atomic mass is 16.5. The summed E-state index contributed by atoms with van der Waals surface area (Å²) in [4.78, 5) is 26.5. The lowest BCUT2D eigenvalue weighted by atomic mass is 10.1.